The summed E-state index contributed by atoms with van der Waals surface area (Å²) in [6.45, 7) is 2.64. The summed E-state index contributed by atoms with van der Waals surface area (Å²) in [4.78, 5) is 58.8. The van der Waals surface area contributed by atoms with Crippen molar-refractivity contribution >= 4 is 29.4 Å². The van der Waals surface area contributed by atoms with Crippen LogP contribution in [0.3, 0.4) is 0 Å². The topological polar surface area (TPSA) is 136 Å². The van der Waals surface area contributed by atoms with Crippen LogP contribution in [-0.4, -0.2) is 52.7 Å². The van der Waals surface area contributed by atoms with Gasteiger partial charge in [-0.2, -0.15) is 0 Å². The zero-order valence-electron chi connectivity index (χ0n) is 13.5. The first-order chi connectivity index (χ1) is 11.8. The number of benzene rings is 1. The van der Waals surface area contributed by atoms with E-state index < -0.39 is 47.0 Å². The van der Waals surface area contributed by atoms with E-state index in [0.717, 1.165) is 6.07 Å². The fourth-order valence-corrected chi connectivity index (χ4v) is 2.35. The monoisotopic (exact) mass is 349 g/mol. The normalized spacial score (nSPS) is 14.1. The molecule has 0 radical (unpaired) electrons. The van der Waals surface area contributed by atoms with Crippen LogP contribution in [0.1, 0.15) is 34.6 Å². The molecule has 1 heterocycles. The predicted octanol–water partition coefficient (Wildman–Crippen LogP) is 0.259. The fourth-order valence-electron chi connectivity index (χ4n) is 2.35. The average molecular weight is 349 g/mol. The van der Waals surface area contributed by atoms with E-state index in [1.54, 1.807) is 6.92 Å². The summed E-state index contributed by atoms with van der Waals surface area (Å²) in [7, 11) is 0. The summed E-state index contributed by atoms with van der Waals surface area (Å²) in [6, 6.07) is 3.65. The molecule has 3 amide bonds. The Morgan fingerprint density at radius 2 is 2.00 bits per heavy atom. The molecule has 1 atom stereocenters. The molecule has 1 aromatic carbocycles. The van der Waals surface area contributed by atoms with Gasteiger partial charge >= 0.3 is 5.97 Å². The number of esters is 1. The minimum absolute atomic E-state index is 0.149. The zero-order chi connectivity index (χ0) is 18.7. The van der Waals surface area contributed by atoms with Gasteiger partial charge in [0.15, 0.2) is 6.10 Å². The summed E-state index contributed by atoms with van der Waals surface area (Å²) in [5, 5.41) is 13.5. The Kier molecular flexibility index (Phi) is 5.11. The van der Waals surface area contributed by atoms with Gasteiger partial charge in [0.1, 0.15) is 12.1 Å². The van der Waals surface area contributed by atoms with Gasteiger partial charge in [0.2, 0.25) is 0 Å². The maximum absolute atomic E-state index is 12.3. The molecule has 0 unspecified atom stereocenters. The number of nitro benzene ring substituents is 1. The molecular weight excluding hydrogens is 334 g/mol. The number of hydrogen-bond donors (Lipinski definition) is 1. The molecular formula is C15H15N3O7. The highest BCUT2D eigenvalue weighted by Crippen LogP contribution is 2.30. The number of carbonyl (C=O) groups is 4. The molecule has 0 saturated carbocycles. The standard InChI is InChI=1S/C15H15N3O7/c1-3-16-13(20)8(2)25-11(19)7-17-14(21)9-5-4-6-10(18(23)24)12(9)15(17)22/h4-6,8H,3,7H2,1-2H3,(H,16,20)/t8-/m0/s1. The summed E-state index contributed by atoms with van der Waals surface area (Å²) in [6.07, 6.45) is -1.10. The van der Waals surface area contributed by atoms with Crippen LogP contribution < -0.4 is 5.32 Å². The first-order valence-electron chi connectivity index (χ1n) is 7.38. The lowest BCUT2D eigenvalue weighted by atomic mass is 10.1. The van der Waals surface area contributed by atoms with E-state index in [4.69, 9.17) is 4.74 Å². The Labute approximate surface area is 141 Å². The minimum atomic E-state index is -1.10. The number of carbonyl (C=O) groups excluding carboxylic acids is 4. The van der Waals surface area contributed by atoms with Crippen LogP contribution >= 0.6 is 0 Å². The van der Waals surface area contributed by atoms with Crippen LogP contribution in [0.2, 0.25) is 0 Å². The number of imide groups is 1. The van der Waals surface area contributed by atoms with Crippen LogP contribution in [0, 0.1) is 10.1 Å². The SMILES string of the molecule is CCNC(=O)[C@H](C)OC(=O)CN1C(=O)c2cccc([N+](=O)[O-])c2C1=O. The van der Waals surface area contributed by atoms with Crippen molar-refractivity contribution in [3.63, 3.8) is 0 Å². The molecule has 2 rings (SSSR count). The molecule has 25 heavy (non-hydrogen) atoms. The van der Waals surface area contributed by atoms with E-state index in [2.05, 4.69) is 5.32 Å². The van der Waals surface area contributed by atoms with Gasteiger partial charge in [-0.25, -0.2) is 0 Å². The van der Waals surface area contributed by atoms with E-state index in [1.807, 2.05) is 0 Å². The van der Waals surface area contributed by atoms with Gasteiger partial charge in [-0.15, -0.1) is 0 Å². The molecule has 0 aromatic heterocycles. The molecule has 10 nitrogen and oxygen atoms in total. The Morgan fingerprint density at radius 3 is 2.60 bits per heavy atom. The van der Waals surface area contributed by atoms with E-state index in [9.17, 15) is 29.3 Å². The number of hydrogen-bond acceptors (Lipinski definition) is 7. The number of nitrogens with zero attached hydrogens (tertiary/aromatic N) is 2. The third-order valence-electron chi connectivity index (χ3n) is 3.49. The van der Waals surface area contributed by atoms with Crippen LogP contribution in [-0.2, 0) is 14.3 Å². The van der Waals surface area contributed by atoms with Crippen molar-refractivity contribution in [1.82, 2.24) is 10.2 Å². The highest BCUT2D eigenvalue weighted by atomic mass is 16.6. The zero-order valence-corrected chi connectivity index (χ0v) is 13.5. The average Bonchev–Trinajstić information content (AvgIpc) is 2.80. The summed E-state index contributed by atoms with van der Waals surface area (Å²) in [5.41, 5.74) is -1.02. The van der Waals surface area contributed by atoms with Gasteiger partial charge in [0.25, 0.3) is 23.4 Å². The van der Waals surface area contributed by atoms with Crippen molar-refractivity contribution in [2.75, 3.05) is 13.1 Å². The van der Waals surface area contributed by atoms with E-state index in [-0.39, 0.29) is 11.1 Å². The Bertz CT molecular complexity index is 774. The van der Waals surface area contributed by atoms with Crippen molar-refractivity contribution in [3.8, 4) is 0 Å². The lowest BCUT2D eigenvalue weighted by molar-refractivity contribution is -0.385. The van der Waals surface area contributed by atoms with Gasteiger partial charge in [-0.1, -0.05) is 6.07 Å². The van der Waals surface area contributed by atoms with Crippen LogP contribution in [0.5, 0.6) is 0 Å². The molecule has 1 aliphatic heterocycles. The third kappa shape index (κ3) is 3.47. The van der Waals surface area contributed by atoms with Crippen LogP contribution in [0.25, 0.3) is 0 Å². The number of amides is 3. The Balaban J connectivity index is 2.15. The summed E-state index contributed by atoms with van der Waals surface area (Å²) in [5.74, 6) is -3.27. The van der Waals surface area contributed by atoms with Gasteiger partial charge in [0.05, 0.1) is 10.5 Å². The van der Waals surface area contributed by atoms with Gasteiger partial charge in [0, 0.05) is 12.6 Å². The minimum Gasteiger partial charge on any atom is -0.451 e. The van der Waals surface area contributed by atoms with Gasteiger partial charge in [-0.05, 0) is 19.9 Å². The predicted molar refractivity (Wildman–Crippen MR) is 82.7 cm³/mol. The van der Waals surface area contributed by atoms with E-state index >= 15 is 0 Å². The number of fused-ring (bicyclic) bond motifs is 1. The number of rotatable bonds is 6. The van der Waals surface area contributed by atoms with Crippen molar-refractivity contribution in [2.45, 2.75) is 20.0 Å². The molecule has 0 aliphatic carbocycles. The molecule has 0 spiro atoms. The molecule has 1 N–H and O–H groups in total. The van der Waals surface area contributed by atoms with Crippen LogP contribution in [0.4, 0.5) is 5.69 Å². The Morgan fingerprint density at radius 1 is 1.32 bits per heavy atom. The maximum atomic E-state index is 12.3. The fraction of sp³-hybridized carbons (Fsp3) is 0.333. The largest absolute Gasteiger partial charge is 0.451 e. The quantitative estimate of drug-likeness (QED) is 0.337. The third-order valence-corrected chi connectivity index (χ3v) is 3.49. The van der Waals surface area contributed by atoms with Crippen molar-refractivity contribution in [3.05, 3.63) is 39.4 Å². The first-order valence-corrected chi connectivity index (χ1v) is 7.38. The van der Waals surface area contributed by atoms with Crippen molar-refractivity contribution in [2.24, 2.45) is 0 Å². The van der Waals surface area contributed by atoms with Gasteiger partial charge in [-0.3, -0.25) is 34.2 Å². The lowest BCUT2D eigenvalue weighted by Crippen LogP contribution is -2.40. The molecule has 0 fully saturated rings. The molecule has 0 saturated heterocycles. The highest BCUT2D eigenvalue weighted by Gasteiger charge is 2.42. The maximum Gasteiger partial charge on any atom is 0.326 e. The smallest absolute Gasteiger partial charge is 0.326 e. The summed E-state index contributed by atoms with van der Waals surface area (Å²) < 4.78 is 4.87. The van der Waals surface area contributed by atoms with Crippen LogP contribution in [0.15, 0.2) is 18.2 Å². The summed E-state index contributed by atoms with van der Waals surface area (Å²) >= 11 is 0. The Hall–Kier alpha value is -3.30. The molecule has 1 aromatic rings. The van der Waals surface area contributed by atoms with Gasteiger partial charge < -0.3 is 10.1 Å². The second kappa shape index (κ2) is 7.07. The van der Waals surface area contributed by atoms with Crippen molar-refractivity contribution in [1.29, 1.82) is 0 Å². The lowest BCUT2D eigenvalue weighted by Gasteiger charge is -2.16. The highest BCUT2D eigenvalue weighted by molar-refractivity contribution is 6.24. The molecule has 10 heteroatoms. The number of likely N-dealkylation sites (N-methyl/N-ethyl adjacent to an activating group) is 1. The van der Waals surface area contributed by atoms with E-state index in [1.165, 1.54) is 19.1 Å². The number of ether oxygens (including phenoxy) is 1. The molecule has 132 valence electrons. The number of nitro groups is 1. The van der Waals surface area contributed by atoms with Crippen molar-refractivity contribution < 1.29 is 28.8 Å². The first kappa shape index (κ1) is 18.0. The molecule has 1 aliphatic rings. The number of nitrogens with one attached hydrogen (secondary N) is 1. The second-order valence-electron chi connectivity index (χ2n) is 5.18. The van der Waals surface area contributed by atoms with E-state index in [0.29, 0.717) is 11.4 Å². The molecule has 0 bridgehead atoms. The second-order valence-corrected chi connectivity index (χ2v) is 5.18.